The largest absolute Gasteiger partial charge is 0.371 e. The van der Waals surface area contributed by atoms with Crippen molar-refractivity contribution < 1.29 is 4.74 Å². The van der Waals surface area contributed by atoms with Crippen LogP contribution in [-0.4, -0.2) is 24.3 Å². The molecule has 2 heterocycles. The number of hydrogen-bond donors (Lipinski definition) is 1. The molecule has 1 aliphatic rings. The van der Waals surface area contributed by atoms with Crippen molar-refractivity contribution in [1.82, 2.24) is 9.88 Å². The number of fused-ring (bicyclic) bond motifs is 1. The number of hydrogen-bond acceptors (Lipinski definition) is 2. The fourth-order valence-corrected chi connectivity index (χ4v) is 2.60. The van der Waals surface area contributed by atoms with Gasteiger partial charge in [-0.3, -0.25) is 0 Å². The lowest BCUT2D eigenvalue weighted by Gasteiger charge is -2.24. The summed E-state index contributed by atoms with van der Waals surface area (Å²) in [6, 6.07) is 6.22. The van der Waals surface area contributed by atoms with Crippen LogP contribution in [0, 0.1) is 0 Å². The summed E-state index contributed by atoms with van der Waals surface area (Å²) in [4.78, 5) is 0. The molecule has 1 aliphatic heterocycles. The van der Waals surface area contributed by atoms with E-state index < -0.39 is 0 Å². The molecule has 3 nitrogen and oxygen atoms in total. The molecule has 1 aromatic heterocycles. The minimum Gasteiger partial charge on any atom is -0.371 e. The maximum atomic E-state index is 6.31. The summed E-state index contributed by atoms with van der Waals surface area (Å²) in [5, 5.41) is 5.23. The molecule has 0 bridgehead atoms. The zero-order valence-corrected chi connectivity index (χ0v) is 10.5. The number of aryl methyl sites for hydroxylation is 1. The van der Waals surface area contributed by atoms with Crippen molar-refractivity contribution >= 4 is 22.5 Å². The normalized spacial score (nSPS) is 20.9. The van der Waals surface area contributed by atoms with Gasteiger partial charge in [0.25, 0.3) is 0 Å². The molecule has 0 radical (unpaired) electrons. The van der Waals surface area contributed by atoms with Gasteiger partial charge < -0.3 is 14.6 Å². The van der Waals surface area contributed by atoms with Gasteiger partial charge in [-0.2, -0.15) is 0 Å². The predicted octanol–water partition coefficient (Wildman–Crippen LogP) is 2.49. The lowest BCUT2D eigenvalue weighted by atomic mass is 10.1. The topological polar surface area (TPSA) is 26.2 Å². The fourth-order valence-electron chi connectivity index (χ4n) is 2.31. The lowest BCUT2D eigenvalue weighted by molar-refractivity contribution is 0.0278. The van der Waals surface area contributed by atoms with Crippen molar-refractivity contribution in [2.45, 2.75) is 6.10 Å². The number of aromatic nitrogens is 1. The van der Waals surface area contributed by atoms with E-state index in [1.807, 2.05) is 25.4 Å². The van der Waals surface area contributed by atoms with Crippen LogP contribution >= 0.6 is 11.6 Å². The Kier molecular flexibility index (Phi) is 2.82. The number of ether oxygens (including phenoxy) is 1. The third-order valence-electron chi connectivity index (χ3n) is 3.27. The maximum absolute atomic E-state index is 6.31. The summed E-state index contributed by atoms with van der Waals surface area (Å²) in [5.41, 5.74) is 2.30. The Morgan fingerprint density at radius 3 is 3.12 bits per heavy atom. The van der Waals surface area contributed by atoms with Crippen molar-refractivity contribution in [1.29, 1.82) is 0 Å². The molecular formula is C13H15ClN2O. The highest BCUT2D eigenvalue weighted by atomic mass is 35.5. The van der Waals surface area contributed by atoms with Crippen molar-refractivity contribution in [3.05, 3.63) is 35.0 Å². The highest BCUT2D eigenvalue weighted by Gasteiger charge is 2.17. The van der Waals surface area contributed by atoms with E-state index in [4.69, 9.17) is 16.3 Å². The van der Waals surface area contributed by atoms with E-state index in [1.54, 1.807) is 0 Å². The highest BCUT2D eigenvalue weighted by molar-refractivity contribution is 6.35. The van der Waals surface area contributed by atoms with Gasteiger partial charge in [0, 0.05) is 37.2 Å². The number of morpholine rings is 1. The van der Waals surface area contributed by atoms with E-state index in [1.165, 1.54) is 0 Å². The van der Waals surface area contributed by atoms with Crippen LogP contribution in [0.25, 0.3) is 10.9 Å². The minimum absolute atomic E-state index is 0.112. The van der Waals surface area contributed by atoms with Crippen molar-refractivity contribution in [2.75, 3.05) is 19.7 Å². The Balaban J connectivity index is 2.07. The molecule has 0 saturated carbocycles. The number of rotatable bonds is 1. The third kappa shape index (κ3) is 1.95. The van der Waals surface area contributed by atoms with Crippen LogP contribution in [0.5, 0.6) is 0 Å². The summed E-state index contributed by atoms with van der Waals surface area (Å²) >= 11 is 6.31. The van der Waals surface area contributed by atoms with Crippen LogP contribution < -0.4 is 5.32 Å². The van der Waals surface area contributed by atoms with Crippen molar-refractivity contribution in [3.63, 3.8) is 0 Å². The van der Waals surface area contributed by atoms with E-state index in [0.717, 1.165) is 41.2 Å². The molecule has 1 fully saturated rings. The highest BCUT2D eigenvalue weighted by Crippen LogP contribution is 2.30. The molecule has 1 unspecified atom stereocenters. The van der Waals surface area contributed by atoms with Gasteiger partial charge in [0.05, 0.1) is 17.7 Å². The summed E-state index contributed by atoms with van der Waals surface area (Å²) < 4.78 is 7.84. The molecule has 90 valence electrons. The van der Waals surface area contributed by atoms with Crippen molar-refractivity contribution in [3.8, 4) is 0 Å². The quantitative estimate of drug-likeness (QED) is 0.842. The molecule has 2 aromatic rings. The minimum atomic E-state index is 0.112. The fraction of sp³-hybridized carbons (Fsp3) is 0.385. The van der Waals surface area contributed by atoms with Crippen LogP contribution in [0.3, 0.4) is 0 Å². The van der Waals surface area contributed by atoms with E-state index >= 15 is 0 Å². The molecule has 1 aromatic carbocycles. The first kappa shape index (κ1) is 11.1. The summed E-state index contributed by atoms with van der Waals surface area (Å²) in [5.74, 6) is 0. The van der Waals surface area contributed by atoms with Gasteiger partial charge in [-0.25, -0.2) is 0 Å². The number of benzene rings is 1. The summed E-state index contributed by atoms with van der Waals surface area (Å²) in [6.07, 6.45) is 2.14. The first-order valence-corrected chi connectivity index (χ1v) is 6.20. The average Bonchev–Trinajstić information content (AvgIpc) is 2.73. The maximum Gasteiger partial charge on any atom is 0.0951 e. The molecule has 3 rings (SSSR count). The first-order valence-electron chi connectivity index (χ1n) is 5.82. The predicted molar refractivity (Wildman–Crippen MR) is 69.5 cm³/mol. The smallest absolute Gasteiger partial charge is 0.0951 e. The van der Waals surface area contributed by atoms with Gasteiger partial charge in [0.15, 0.2) is 0 Å². The average molecular weight is 251 g/mol. The van der Waals surface area contributed by atoms with Gasteiger partial charge in [0.1, 0.15) is 0 Å². The molecule has 1 N–H and O–H groups in total. The number of nitrogens with zero attached hydrogens (tertiary/aromatic N) is 1. The molecule has 1 atom stereocenters. The number of nitrogens with one attached hydrogen (secondary N) is 1. The third-order valence-corrected chi connectivity index (χ3v) is 3.59. The second kappa shape index (κ2) is 4.33. The molecule has 17 heavy (non-hydrogen) atoms. The Bertz CT molecular complexity index is 544. The first-order chi connectivity index (χ1) is 8.25. The Morgan fingerprint density at radius 1 is 1.47 bits per heavy atom. The van der Waals surface area contributed by atoms with Gasteiger partial charge >= 0.3 is 0 Å². The SMILES string of the molecule is Cn1ccc2c(Cl)cc(C3CNCCO3)cc21. The van der Waals surface area contributed by atoms with E-state index in [0.29, 0.717) is 0 Å². The lowest BCUT2D eigenvalue weighted by Crippen LogP contribution is -2.33. The van der Waals surface area contributed by atoms with Crippen LogP contribution in [0.1, 0.15) is 11.7 Å². The van der Waals surface area contributed by atoms with Crippen LogP contribution in [0.15, 0.2) is 24.4 Å². The van der Waals surface area contributed by atoms with Gasteiger partial charge in [0.2, 0.25) is 0 Å². The standard InChI is InChI=1S/C13H15ClN2O/c1-16-4-2-10-11(14)6-9(7-12(10)16)13-8-15-3-5-17-13/h2,4,6-7,13,15H,3,5,8H2,1H3. The molecule has 0 spiro atoms. The zero-order chi connectivity index (χ0) is 11.8. The Hall–Kier alpha value is -1.03. The zero-order valence-electron chi connectivity index (χ0n) is 9.74. The van der Waals surface area contributed by atoms with E-state index in [2.05, 4.69) is 16.0 Å². The summed E-state index contributed by atoms with van der Waals surface area (Å²) in [7, 11) is 2.03. The number of halogens is 1. The van der Waals surface area contributed by atoms with Gasteiger partial charge in [-0.15, -0.1) is 0 Å². The van der Waals surface area contributed by atoms with Crippen molar-refractivity contribution in [2.24, 2.45) is 7.05 Å². The monoisotopic (exact) mass is 250 g/mol. The molecule has 0 aliphatic carbocycles. The van der Waals surface area contributed by atoms with Gasteiger partial charge in [-0.1, -0.05) is 11.6 Å². The Morgan fingerprint density at radius 2 is 2.35 bits per heavy atom. The van der Waals surface area contributed by atoms with Crippen LogP contribution in [0.4, 0.5) is 0 Å². The molecule has 0 amide bonds. The van der Waals surface area contributed by atoms with E-state index in [9.17, 15) is 0 Å². The second-order valence-electron chi connectivity index (χ2n) is 4.43. The molecule has 1 saturated heterocycles. The van der Waals surface area contributed by atoms with Crippen LogP contribution in [0.2, 0.25) is 5.02 Å². The van der Waals surface area contributed by atoms with Gasteiger partial charge in [-0.05, 0) is 23.8 Å². The van der Waals surface area contributed by atoms with E-state index in [-0.39, 0.29) is 6.10 Å². The second-order valence-corrected chi connectivity index (χ2v) is 4.83. The summed E-state index contributed by atoms with van der Waals surface area (Å²) in [6.45, 7) is 2.54. The Labute approximate surface area is 105 Å². The molecule has 4 heteroatoms. The van der Waals surface area contributed by atoms with Crippen LogP contribution in [-0.2, 0) is 11.8 Å². The molecular weight excluding hydrogens is 236 g/mol.